The summed E-state index contributed by atoms with van der Waals surface area (Å²) >= 11 is 0. The van der Waals surface area contributed by atoms with E-state index in [1.807, 2.05) is 13.8 Å². The van der Waals surface area contributed by atoms with Gasteiger partial charge in [0.15, 0.2) is 0 Å². The summed E-state index contributed by atoms with van der Waals surface area (Å²) in [7, 11) is 1.79. The molecule has 0 bridgehead atoms. The highest BCUT2D eigenvalue weighted by atomic mass is 16.7. The number of carbonyl (C=O) groups is 1. The third-order valence-corrected chi connectivity index (χ3v) is 0.834. The molecule has 0 aromatic rings. The molecule has 0 unspecified atom stereocenters. The number of carbonyl (C=O) groups excluding carboxylic acids is 1. The van der Waals surface area contributed by atoms with Crippen LogP contribution in [0.1, 0.15) is 20.8 Å². The van der Waals surface area contributed by atoms with E-state index in [0.29, 0.717) is 19.8 Å². The minimum Gasteiger partial charge on any atom is -0.435 e. The van der Waals surface area contributed by atoms with Crippen LogP contribution in [0.5, 0.6) is 0 Å². The Balaban J connectivity index is 0. The lowest BCUT2D eigenvalue weighted by molar-refractivity contribution is 0.0601. The van der Waals surface area contributed by atoms with Gasteiger partial charge >= 0.3 is 6.16 Å². The first-order valence-corrected chi connectivity index (χ1v) is 4.25. The number of nitrogens with one attached hydrogen (secondary N) is 1. The summed E-state index contributed by atoms with van der Waals surface area (Å²) < 4.78 is 9.10. The fourth-order valence-electron chi connectivity index (χ4n) is 0.396. The molecule has 0 amide bonds. The molecule has 0 atom stereocenters. The monoisotopic (exact) mass is 177 g/mol. The molecule has 0 rings (SSSR count). The lowest BCUT2D eigenvalue weighted by atomic mass is 10.7. The maximum Gasteiger partial charge on any atom is 0.508 e. The Morgan fingerprint density at radius 2 is 1.92 bits per heavy atom. The maximum absolute atomic E-state index is 10.4. The van der Waals surface area contributed by atoms with E-state index in [-0.39, 0.29) is 0 Å². The van der Waals surface area contributed by atoms with Crippen LogP contribution in [0.2, 0.25) is 0 Å². The Bertz CT molecular complexity index is 96.3. The zero-order valence-electron chi connectivity index (χ0n) is 8.35. The van der Waals surface area contributed by atoms with Crippen molar-refractivity contribution in [3.05, 3.63) is 0 Å². The molecular weight excluding hydrogens is 158 g/mol. The SMILES string of the molecule is CC.CCOC(=O)OCCNC. The highest BCUT2D eigenvalue weighted by molar-refractivity contribution is 5.59. The van der Waals surface area contributed by atoms with E-state index in [1.165, 1.54) is 0 Å². The predicted molar refractivity (Wildman–Crippen MR) is 48.2 cm³/mol. The second-order valence-electron chi connectivity index (χ2n) is 1.64. The summed E-state index contributed by atoms with van der Waals surface area (Å²) in [4.78, 5) is 10.4. The summed E-state index contributed by atoms with van der Waals surface area (Å²) in [5.74, 6) is 0. The van der Waals surface area contributed by atoms with Crippen molar-refractivity contribution < 1.29 is 14.3 Å². The summed E-state index contributed by atoms with van der Waals surface area (Å²) in [6.07, 6.45) is -0.599. The van der Waals surface area contributed by atoms with Crippen molar-refractivity contribution in [2.45, 2.75) is 20.8 Å². The van der Waals surface area contributed by atoms with Crippen molar-refractivity contribution >= 4 is 6.16 Å². The van der Waals surface area contributed by atoms with E-state index in [1.54, 1.807) is 14.0 Å². The van der Waals surface area contributed by atoms with Crippen molar-refractivity contribution in [2.75, 3.05) is 26.8 Å². The molecule has 1 N–H and O–H groups in total. The van der Waals surface area contributed by atoms with Crippen LogP contribution in [-0.2, 0) is 9.47 Å². The first-order chi connectivity index (χ1) is 5.81. The molecule has 74 valence electrons. The van der Waals surface area contributed by atoms with Crippen LogP contribution in [0, 0.1) is 0 Å². The molecule has 0 aliphatic heterocycles. The summed E-state index contributed by atoms with van der Waals surface area (Å²) in [5.41, 5.74) is 0. The summed E-state index contributed by atoms with van der Waals surface area (Å²) in [5, 5.41) is 2.83. The average molecular weight is 177 g/mol. The summed E-state index contributed by atoms with van der Waals surface area (Å²) in [6, 6.07) is 0. The minimum absolute atomic E-state index is 0.356. The van der Waals surface area contributed by atoms with Gasteiger partial charge in [-0.3, -0.25) is 0 Å². The third-order valence-electron chi connectivity index (χ3n) is 0.834. The first-order valence-electron chi connectivity index (χ1n) is 4.25. The second-order valence-corrected chi connectivity index (χ2v) is 1.64. The van der Waals surface area contributed by atoms with Crippen LogP contribution < -0.4 is 5.32 Å². The highest BCUT2D eigenvalue weighted by Gasteiger charge is 1.98. The lowest BCUT2D eigenvalue weighted by Gasteiger charge is -2.02. The van der Waals surface area contributed by atoms with E-state index < -0.39 is 6.16 Å². The van der Waals surface area contributed by atoms with Gasteiger partial charge in [0.05, 0.1) is 6.61 Å². The Hall–Kier alpha value is -0.770. The van der Waals surface area contributed by atoms with Crippen LogP contribution in [0.25, 0.3) is 0 Å². The van der Waals surface area contributed by atoms with Gasteiger partial charge in [-0.05, 0) is 14.0 Å². The van der Waals surface area contributed by atoms with Gasteiger partial charge < -0.3 is 14.8 Å². The van der Waals surface area contributed by atoms with Crippen molar-refractivity contribution in [1.29, 1.82) is 0 Å². The zero-order valence-corrected chi connectivity index (χ0v) is 8.35. The molecule has 4 heteroatoms. The first kappa shape index (κ1) is 13.8. The number of hydrogen-bond acceptors (Lipinski definition) is 4. The van der Waals surface area contributed by atoms with Gasteiger partial charge in [-0.1, -0.05) is 13.8 Å². The van der Waals surface area contributed by atoms with Crippen LogP contribution in [0.4, 0.5) is 4.79 Å². The topological polar surface area (TPSA) is 47.6 Å². The van der Waals surface area contributed by atoms with Gasteiger partial charge in [0.2, 0.25) is 0 Å². The van der Waals surface area contributed by atoms with Crippen molar-refractivity contribution in [1.82, 2.24) is 5.32 Å². The van der Waals surface area contributed by atoms with Gasteiger partial charge in [-0.25, -0.2) is 4.79 Å². The van der Waals surface area contributed by atoms with E-state index in [4.69, 9.17) is 0 Å². The third kappa shape index (κ3) is 12.0. The highest BCUT2D eigenvalue weighted by Crippen LogP contribution is 1.82. The fourth-order valence-corrected chi connectivity index (χ4v) is 0.396. The number of likely N-dealkylation sites (N-methyl/N-ethyl adjacent to an activating group) is 1. The van der Waals surface area contributed by atoms with Gasteiger partial charge in [0, 0.05) is 6.54 Å². The average Bonchev–Trinajstić information content (AvgIpc) is 2.09. The van der Waals surface area contributed by atoms with Crippen molar-refractivity contribution in [2.24, 2.45) is 0 Å². The van der Waals surface area contributed by atoms with Gasteiger partial charge in [0.25, 0.3) is 0 Å². The molecular formula is C8H19NO3. The smallest absolute Gasteiger partial charge is 0.435 e. The number of ether oxygens (including phenoxy) is 2. The van der Waals surface area contributed by atoms with E-state index in [9.17, 15) is 4.79 Å². The quantitative estimate of drug-likeness (QED) is 0.521. The van der Waals surface area contributed by atoms with Gasteiger partial charge in [-0.15, -0.1) is 0 Å². The molecule has 0 aliphatic carbocycles. The van der Waals surface area contributed by atoms with Crippen LogP contribution >= 0.6 is 0 Å². The van der Waals surface area contributed by atoms with Gasteiger partial charge in [0.1, 0.15) is 6.61 Å². The predicted octanol–water partition coefficient (Wildman–Crippen LogP) is 1.41. The Morgan fingerprint density at radius 3 is 2.33 bits per heavy atom. The van der Waals surface area contributed by atoms with Crippen molar-refractivity contribution in [3.8, 4) is 0 Å². The van der Waals surface area contributed by atoms with Crippen LogP contribution in [0.15, 0.2) is 0 Å². The normalized spacial score (nSPS) is 8.00. The maximum atomic E-state index is 10.4. The number of hydrogen-bond donors (Lipinski definition) is 1. The van der Waals surface area contributed by atoms with E-state index in [0.717, 1.165) is 0 Å². The molecule has 0 radical (unpaired) electrons. The molecule has 0 spiro atoms. The largest absolute Gasteiger partial charge is 0.508 e. The minimum atomic E-state index is -0.599. The Kier molecular flexibility index (Phi) is 14.8. The van der Waals surface area contributed by atoms with E-state index in [2.05, 4.69) is 14.8 Å². The molecule has 0 aliphatic rings. The summed E-state index contributed by atoms with van der Waals surface area (Å²) in [6.45, 7) is 7.10. The standard InChI is InChI=1S/C6H13NO3.C2H6/c1-3-9-6(8)10-5-4-7-2;1-2/h7H,3-5H2,1-2H3;1-2H3. The van der Waals surface area contributed by atoms with E-state index >= 15 is 0 Å². The lowest BCUT2D eigenvalue weighted by Crippen LogP contribution is -2.17. The van der Waals surface area contributed by atoms with Crippen LogP contribution in [0.3, 0.4) is 0 Å². The Labute approximate surface area is 74.2 Å². The van der Waals surface area contributed by atoms with Crippen LogP contribution in [-0.4, -0.2) is 33.0 Å². The molecule has 4 nitrogen and oxygen atoms in total. The molecule has 0 heterocycles. The van der Waals surface area contributed by atoms with Crippen molar-refractivity contribution in [3.63, 3.8) is 0 Å². The molecule has 0 saturated carbocycles. The molecule has 0 saturated heterocycles. The van der Waals surface area contributed by atoms with Gasteiger partial charge in [-0.2, -0.15) is 0 Å². The number of rotatable bonds is 4. The molecule has 0 fully saturated rings. The molecule has 0 aromatic heterocycles. The second kappa shape index (κ2) is 12.9. The molecule has 0 aromatic carbocycles. The fraction of sp³-hybridized carbons (Fsp3) is 0.875. The molecule has 12 heavy (non-hydrogen) atoms. The zero-order chi connectivity index (χ0) is 9.82. The Morgan fingerprint density at radius 1 is 1.33 bits per heavy atom.